The van der Waals surface area contributed by atoms with E-state index in [9.17, 15) is 9.59 Å². The number of carbonyl (C=O) groups excluding carboxylic acids is 1. The van der Waals surface area contributed by atoms with Crippen molar-refractivity contribution in [2.45, 2.75) is 45.8 Å². The van der Waals surface area contributed by atoms with Gasteiger partial charge in [-0.1, -0.05) is 6.07 Å². The van der Waals surface area contributed by atoms with Gasteiger partial charge in [0.15, 0.2) is 6.10 Å². The van der Waals surface area contributed by atoms with E-state index in [-0.39, 0.29) is 11.5 Å². The minimum Gasteiger partial charge on any atom is -0.480 e. The molecular formula is C22H22N2O4. The summed E-state index contributed by atoms with van der Waals surface area (Å²) in [5.41, 5.74) is 3.67. The molecule has 2 aromatic heterocycles. The summed E-state index contributed by atoms with van der Waals surface area (Å²) in [5, 5.41) is 3.78. The maximum atomic E-state index is 12.4. The van der Waals surface area contributed by atoms with E-state index < -0.39 is 6.10 Å². The Morgan fingerprint density at radius 1 is 1.25 bits per heavy atom. The number of aromatic nitrogens is 1. The van der Waals surface area contributed by atoms with Crippen molar-refractivity contribution in [3.8, 4) is 5.75 Å². The molecule has 0 bridgehead atoms. The smallest absolute Gasteiger partial charge is 0.339 e. The SMILES string of the molecule is Cc1c(O[C@H](C)C(=O)NCc2ccccn2)ccc2c3c(c(=O)oc12)CCC3. The number of benzene rings is 1. The van der Waals surface area contributed by atoms with Gasteiger partial charge in [-0.2, -0.15) is 0 Å². The number of ether oxygens (including phenoxy) is 1. The molecule has 3 aromatic rings. The average Bonchev–Trinajstić information content (AvgIpc) is 3.20. The van der Waals surface area contributed by atoms with Crippen molar-refractivity contribution in [2.75, 3.05) is 0 Å². The lowest BCUT2D eigenvalue weighted by Gasteiger charge is -2.17. The van der Waals surface area contributed by atoms with E-state index in [1.54, 1.807) is 13.1 Å². The van der Waals surface area contributed by atoms with Crippen molar-refractivity contribution in [2.24, 2.45) is 0 Å². The average molecular weight is 378 g/mol. The molecule has 0 spiro atoms. The van der Waals surface area contributed by atoms with Crippen molar-refractivity contribution in [3.05, 3.63) is 69.3 Å². The second-order valence-corrected chi connectivity index (χ2v) is 7.06. The van der Waals surface area contributed by atoms with Gasteiger partial charge in [0, 0.05) is 22.7 Å². The predicted molar refractivity (Wildman–Crippen MR) is 105 cm³/mol. The van der Waals surface area contributed by atoms with E-state index in [0.717, 1.165) is 47.0 Å². The maximum absolute atomic E-state index is 12.4. The number of nitrogens with zero attached hydrogens (tertiary/aromatic N) is 1. The van der Waals surface area contributed by atoms with Crippen LogP contribution in [0.5, 0.6) is 5.75 Å². The fraction of sp³-hybridized carbons (Fsp3) is 0.318. The second kappa shape index (κ2) is 7.46. The number of amides is 1. The highest BCUT2D eigenvalue weighted by molar-refractivity contribution is 5.86. The molecule has 28 heavy (non-hydrogen) atoms. The largest absolute Gasteiger partial charge is 0.480 e. The van der Waals surface area contributed by atoms with Crippen molar-refractivity contribution in [1.29, 1.82) is 0 Å². The zero-order chi connectivity index (χ0) is 19.7. The Balaban J connectivity index is 1.53. The van der Waals surface area contributed by atoms with Gasteiger partial charge in [-0.25, -0.2) is 4.79 Å². The Morgan fingerprint density at radius 3 is 2.86 bits per heavy atom. The first kappa shape index (κ1) is 18.2. The highest BCUT2D eigenvalue weighted by Gasteiger charge is 2.22. The summed E-state index contributed by atoms with van der Waals surface area (Å²) in [7, 11) is 0. The molecule has 1 aromatic carbocycles. The lowest BCUT2D eigenvalue weighted by atomic mass is 10.0. The summed E-state index contributed by atoms with van der Waals surface area (Å²) in [4.78, 5) is 28.8. The van der Waals surface area contributed by atoms with Gasteiger partial charge in [0.25, 0.3) is 5.91 Å². The van der Waals surface area contributed by atoms with Crippen LogP contribution in [0.15, 0.2) is 45.7 Å². The standard InChI is InChI=1S/C22H22N2O4/c1-13-19(27-14(2)21(25)24-12-15-6-3-4-11-23-15)10-9-17-16-7-5-8-18(16)22(26)28-20(13)17/h3-4,6,9-11,14H,5,7-8,12H2,1-2H3,(H,24,25)/t14-/m1/s1. The molecule has 0 saturated carbocycles. The first-order valence-electron chi connectivity index (χ1n) is 9.47. The fourth-order valence-corrected chi connectivity index (χ4v) is 3.66. The number of nitrogens with one attached hydrogen (secondary N) is 1. The highest BCUT2D eigenvalue weighted by atomic mass is 16.5. The Bertz CT molecular complexity index is 1090. The van der Waals surface area contributed by atoms with E-state index in [0.29, 0.717) is 17.9 Å². The third-order valence-electron chi connectivity index (χ3n) is 5.18. The Labute approximate surface area is 162 Å². The van der Waals surface area contributed by atoms with Gasteiger partial charge in [-0.05, 0) is 62.9 Å². The van der Waals surface area contributed by atoms with E-state index in [2.05, 4.69) is 10.3 Å². The molecule has 0 fully saturated rings. The minimum atomic E-state index is -0.694. The van der Waals surface area contributed by atoms with E-state index >= 15 is 0 Å². The Morgan fingerprint density at radius 2 is 2.07 bits per heavy atom. The molecule has 144 valence electrons. The summed E-state index contributed by atoms with van der Waals surface area (Å²) in [6.07, 6.45) is 3.64. The number of hydrogen-bond donors (Lipinski definition) is 1. The number of fused-ring (bicyclic) bond motifs is 3. The highest BCUT2D eigenvalue weighted by Crippen LogP contribution is 2.33. The van der Waals surface area contributed by atoms with Crippen LogP contribution in [0.4, 0.5) is 0 Å². The van der Waals surface area contributed by atoms with Gasteiger partial charge in [0.2, 0.25) is 0 Å². The van der Waals surface area contributed by atoms with Crippen LogP contribution in [0.2, 0.25) is 0 Å². The van der Waals surface area contributed by atoms with Gasteiger partial charge < -0.3 is 14.5 Å². The lowest BCUT2D eigenvalue weighted by Crippen LogP contribution is -2.36. The molecule has 4 rings (SSSR count). The molecule has 6 nitrogen and oxygen atoms in total. The third kappa shape index (κ3) is 3.38. The van der Waals surface area contributed by atoms with Crippen molar-refractivity contribution in [3.63, 3.8) is 0 Å². The van der Waals surface area contributed by atoms with Gasteiger partial charge >= 0.3 is 5.63 Å². The lowest BCUT2D eigenvalue weighted by molar-refractivity contribution is -0.127. The summed E-state index contributed by atoms with van der Waals surface area (Å²) >= 11 is 0. The van der Waals surface area contributed by atoms with Crippen LogP contribution in [0, 0.1) is 6.92 Å². The molecule has 0 aliphatic heterocycles. The Hall–Kier alpha value is -3.15. The first-order valence-corrected chi connectivity index (χ1v) is 9.47. The van der Waals surface area contributed by atoms with Crippen LogP contribution < -0.4 is 15.7 Å². The number of aryl methyl sites for hydroxylation is 2. The molecule has 2 heterocycles. The predicted octanol–water partition coefficient (Wildman–Crippen LogP) is 3.07. The molecule has 1 N–H and O–H groups in total. The van der Waals surface area contributed by atoms with Crippen LogP contribution in [-0.2, 0) is 24.2 Å². The van der Waals surface area contributed by atoms with E-state index in [1.165, 1.54) is 0 Å². The number of carbonyl (C=O) groups is 1. The zero-order valence-electron chi connectivity index (χ0n) is 16.0. The maximum Gasteiger partial charge on any atom is 0.339 e. The summed E-state index contributed by atoms with van der Waals surface area (Å²) in [6, 6.07) is 9.31. The van der Waals surface area contributed by atoms with Gasteiger partial charge in [0.05, 0.1) is 12.2 Å². The monoisotopic (exact) mass is 378 g/mol. The van der Waals surface area contributed by atoms with Gasteiger partial charge in [0.1, 0.15) is 11.3 Å². The van der Waals surface area contributed by atoms with Crippen LogP contribution in [0.1, 0.15) is 35.7 Å². The normalized spacial score (nSPS) is 13.9. The Kier molecular flexibility index (Phi) is 4.86. The molecular weight excluding hydrogens is 356 g/mol. The van der Waals surface area contributed by atoms with Gasteiger partial charge in [-0.15, -0.1) is 0 Å². The quantitative estimate of drug-likeness (QED) is 0.690. The van der Waals surface area contributed by atoms with Crippen LogP contribution in [0.3, 0.4) is 0 Å². The molecule has 1 atom stereocenters. The third-order valence-corrected chi connectivity index (χ3v) is 5.18. The fourth-order valence-electron chi connectivity index (χ4n) is 3.66. The number of pyridine rings is 1. The first-order chi connectivity index (χ1) is 13.5. The molecule has 1 amide bonds. The van der Waals surface area contributed by atoms with E-state index in [4.69, 9.17) is 9.15 Å². The van der Waals surface area contributed by atoms with E-state index in [1.807, 2.05) is 37.3 Å². The van der Waals surface area contributed by atoms with Crippen molar-refractivity contribution in [1.82, 2.24) is 10.3 Å². The van der Waals surface area contributed by atoms with Gasteiger partial charge in [-0.3, -0.25) is 9.78 Å². The number of hydrogen-bond acceptors (Lipinski definition) is 5. The molecule has 1 aliphatic rings. The van der Waals surface area contributed by atoms with Crippen LogP contribution in [0.25, 0.3) is 11.0 Å². The summed E-state index contributed by atoms with van der Waals surface area (Å²) in [5.74, 6) is 0.301. The molecule has 0 radical (unpaired) electrons. The second-order valence-electron chi connectivity index (χ2n) is 7.06. The molecule has 1 aliphatic carbocycles. The zero-order valence-corrected chi connectivity index (χ0v) is 16.0. The van der Waals surface area contributed by atoms with Crippen LogP contribution in [-0.4, -0.2) is 17.0 Å². The topological polar surface area (TPSA) is 81.4 Å². The molecule has 0 unspecified atom stereocenters. The molecule has 0 saturated heterocycles. The summed E-state index contributed by atoms with van der Waals surface area (Å²) < 4.78 is 11.4. The minimum absolute atomic E-state index is 0.236. The van der Waals surface area contributed by atoms with Crippen molar-refractivity contribution >= 4 is 16.9 Å². The van der Waals surface area contributed by atoms with Crippen molar-refractivity contribution < 1.29 is 13.9 Å². The number of rotatable bonds is 5. The summed E-state index contributed by atoms with van der Waals surface area (Å²) in [6.45, 7) is 3.88. The van der Waals surface area contributed by atoms with Crippen LogP contribution >= 0.6 is 0 Å². The molecule has 6 heteroatoms.